The van der Waals surface area contributed by atoms with E-state index in [-0.39, 0.29) is 17.6 Å². The molecule has 0 aromatic carbocycles. The molecule has 14 heavy (non-hydrogen) atoms. The van der Waals surface area contributed by atoms with Crippen LogP contribution in [-0.4, -0.2) is 17.6 Å². The summed E-state index contributed by atoms with van der Waals surface area (Å²) in [4.78, 5) is 11.6. The second-order valence-corrected chi connectivity index (χ2v) is 4.35. The molecule has 1 fully saturated rings. The molecule has 82 valence electrons. The molecule has 3 heteroatoms. The van der Waals surface area contributed by atoms with Gasteiger partial charge in [0.2, 0.25) is 5.91 Å². The van der Waals surface area contributed by atoms with E-state index in [0.717, 1.165) is 12.8 Å². The van der Waals surface area contributed by atoms with Crippen molar-refractivity contribution in [3.8, 4) is 0 Å². The van der Waals surface area contributed by atoms with Crippen LogP contribution >= 0.6 is 0 Å². The van der Waals surface area contributed by atoms with Crippen molar-refractivity contribution >= 4 is 5.91 Å². The molecule has 1 saturated heterocycles. The Bertz CT molecular complexity index is 205. The van der Waals surface area contributed by atoms with Gasteiger partial charge < -0.3 is 5.32 Å². The maximum absolute atomic E-state index is 11.6. The van der Waals surface area contributed by atoms with Crippen molar-refractivity contribution in [3.05, 3.63) is 0 Å². The molecule has 2 unspecified atom stereocenters. The number of hydrogen-bond acceptors (Lipinski definition) is 2. The molecular formula is C11H22N2O. The molecule has 0 saturated carbocycles. The Kier molecular flexibility index (Phi) is 3.93. The molecule has 1 aliphatic heterocycles. The minimum absolute atomic E-state index is 0.154. The van der Waals surface area contributed by atoms with Crippen molar-refractivity contribution < 1.29 is 4.79 Å². The Morgan fingerprint density at radius 3 is 2.57 bits per heavy atom. The van der Waals surface area contributed by atoms with Gasteiger partial charge in [0.1, 0.15) is 0 Å². The lowest BCUT2D eigenvalue weighted by molar-refractivity contribution is -0.123. The van der Waals surface area contributed by atoms with E-state index in [4.69, 9.17) is 0 Å². The number of hydrogen-bond donors (Lipinski definition) is 2. The largest absolute Gasteiger partial charge is 0.339 e. The Morgan fingerprint density at radius 1 is 1.36 bits per heavy atom. The predicted octanol–water partition coefficient (Wildman–Crippen LogP) is 1.78. The predicted molar refractivity (Wildman–Crippen MR) is 57.9 cm³/mol. The first kappa shape index (κ1) is 11.5. The van der Waals surface area contributed by atoms with Gasteiger partial charge in [-0.2, -0.15) is 0 Å². The lowest BCUT2D eigenvalue weighted by atomic mass is 10.00. The van der Waals surface area contributed by atoms with Crippen LogP contribution in [0.1, 0.15) is 52.9 Å². The highest BCUT2D eigenvalue weighted by atomic mass is 16.2. The Balaban J connectivity index is 2.35. The van der Waals surface area contributed by atoms with Gasteiger partial charge in [0.15, 0.2) is 0 Å². The fourth-order valence-corrected chi connectivity index (χ4v) is 1.81. The van der Waals surface area contributed by atoms with Crippen LogP contribution in [0.25, 0.3) is 0 Å². The maximum atomic E-state index is 11.6. The third kappa shape index (κ3) is 2.47. The van der Waals surface area contributed by atoms with Crippen LogP contribution in [0.3, 0.4) is 0 Å². The molecular weight excluding hydrogens is 176 g/mol. The van der Waals surface area contributed by atoms with E-state index in [1.807, 2.05) is 13.8 Å². The summed E-state index contributed by atoms with van der Waals surface area (Å²) in [7, 11) is 0. The highest BCUT2D eigenvalue weighted by Gasteiger charge is 2.40. The van der Waals surface area contributed by atoms with Crippen molar-refractivity contribution in [2.24, 2.45) is 0 Å². The van der Waals surface area contributed by atoms with Gasteiger partial charge in [0.25, 0.3) is 0 Å². The fourth-order valence-electron chi connectivity index (χ4n) is 1.81. The summed E-state index contributed by atoms with van der Waals surface area (Å²) in [5.74, 6) is 0.154. The summed E-state index contributed by atoms with van der Waals surface area (Å²) < 4.78 is 0. The molecule has 0 spiro atoms. The molecule has 1 aliphatic rings. The number of rotatable bonds is 5. The van der Waals surface area contributed by atoms with Gasteiger partial charge in [0, 0.05) is 0 Å². The zero-order chi connectivity index (χ0) is 10.6. The third-order valence-electron chi connectivity index (χ3n) is 3.10. The van der Waals surface area contributed by atoms with Crippen LogP contribution in [0.15, 0.2) is 0 Å². The summed E-state index contributed by atoms with van der Waals surface area (Å²) in [6.07, 6.45) is 5.76. The number of nitrogens with one attached hydrogen (secondary N) is 2. The van der Waals surface area contributed by atoms with E-state index in [9.17, 15) is 4.79 Å². The monoisotopic (exact) mass is 198 g/mol. The summed E-state index contributed by atoms with van der Waals surface area (Å²) in [6, 6.07) is 0. The van der Waals surface area contributed by atoms with E-state index in [0.29, 0.717) is 0 Å². The molecule has 1 amide bonds. The van der Waals surface area contributed by atoms with Gasteiger partial charge in [-0.3, -0.25) is 10.1 Å². The topological polar surface area (TPSA) is 41.1 Å². The van der Waals surface area contributed by atoms with Crippen LogP contribution < -0.4 is 10.6 Å². The molecule has 2 N–H and O–H groups in total. The SMILES string of the molecule is CCCCCC1NC(=O)C(C)(CC)N1. The van der Waals surface area contributed by atoms with Gasteiger partial charge in [-0.1, -0.05) is 33.1 Å². The first-order valence-electron chi connectivity index (χ1n) is 5.71. The number of unbranched alkanes of at least 4 members (excludes halogenated alkanes) is 2. The molecule has 1 rings (SSSR count). The summed E-state index contributed by atoms with van der Waals surface area (Å²) >= 11 is 0. The van der Waals surface area contributed by atoms with Crippen molar-refractivity contribution in [2.45, 2.75) is 64.6 Å². The maximum Gasteiger partial charge on any atom is 0.241 e. The van der Waals surface area contributed by atoms with E-state index in [1.54, 1.807) is 0 Å². The summed E-state index contributed by atoms with van der Waals surface area (Å²) in [5.41, 5.74) is -0.336. The summed E-state index contributed by atoms with van der Waals surface area (Å²) in [6.45, 7) is 6.21. The molecule has 0 aliphatic carbocycles. The Morgan fingerprint density at radius 2 is 2.07 bits per heavy atom. The quantitative estimate of drug-likeness (QED) is 0.661. The first-order valence-corrected chi connectivity index (χ1v) is 5.71. The molecule has 0 aromatic heterocycles. The van der Waals surface area contributed by atoms with Crippen LogP contribution in [0.2, 0.25) is 0 Å². The molecule has 0 bridgehead atoms. The van der Waals surface area contributed by atoms with E-state index < -0.39 is 0 Å². The molecule has 3 nitrogen and oxygen atoms in total. The van der Waals surface area contributed by atoms with Crippen LogP contribution in [0.5, 0.6) is 0 Å². The summed E-state index contributed by atoms with van der Waals surface area (Å²) in [5, 5.41) is 6.37. The van der Waals surface area contributed by atoms with Crippen molar-refractivity contribution in [2.75, 3.05) is 0 Å². The third-order valence-corrected chi connectivity index (χ3v) is 3.10. The molecule has 0 aromatic rings. The Hall–Kier alpha value is -0.570. The van der Waals surface area contributed by atoms with Crippen molar-refractivity contribution in [1.29, 1.82) is 0 Å². The zero-order valence-electron chi connectivity index (χ0n) is 9.52. The van der Waals surface area contributed by atoms with Gasteiger partial charge in [-0.25, -0.2) is 0 Å². The van der Waals surface area contributed by atoms with Gasteiger partial charge in [-0.15, -0.1) is 0 Å². The standard InChI is InChI=1S/C11H22N2O/c1-4-6-7-8-9-12-10(14)11(3,5-2)13-9/h9,13H,4-8H2,1-3H3,(H,12,14). The average molecular weight is 198 g/mol. The number of carbonyl (C=O) groups excluding carboxylic acids is 1. The Labute approximate surface area is 86.6 Å². The van der Waals surface area contributed by atoms with Crippen molar-refractivity contribution in [3.63, 3.8) is 0 Å². The number of amides is 1. The minimum atomic E-state index is -0.336. The fraction of sp³-hybridized carbons (Fsp3) is 0.909. The lowest BCUT2D eigenvalue weighted by Crippen LogP contribution is -2.43. The zero-order valence-corrected chi connectivity index (χ0v) is 9.52. The van der Waals surface area contributed by atoms with Crippen LogP contribution in [-0.2, 0) is 4.79 Å². The highest BCUT2D eigenvalue weighted by molar-refractivity contribution is 5.88. The molecule has 0 radical (unpaired) electrons. The number of carbonyl (C=O) groups is 1. The smallest absolute Gasteiger partial charge is 0.241 e. The second-order valence-electron chi connectivity index (χ2n) is 4.35. The minimum Gasteiger partial charge on any atom is -0.339 e. The average Bonchev–Trinajstić information content (AvgIpc) is 2.44. The normalized spacial score (nSPS) is 31.9. The first-order chi connectivity index (χ1) is 6.62. The molecule has 1 heterocycles. The van der Waals surface area contributed by atoms with Gasteiger partial charge in [-0.05, 0) is 19.8 Å². The van der Waals surface area contributed by atoms with E-state index in [1.165, 1.54) is 19.3 Å². The van der Waals surface area contributed by atoms with Gasteiger partial charge >= 0.3 is 0 Å². The van der Waals surface area contributed by atoms with E-state index in [2.05, 4.69) is 17.6 Å². The molecule has 2 atom stereocenters. The van der Waals surface area contributed by atoms with E-state index >= 15 is 0 Å². The van der Waals surface area contributed by atoms with Crippen molar-refractivity contribution in [1.82, 2.24) is 10.6 Å². The lowest BCUT2D eigenvalue weighted by Gasteiger charge is -2.19. The van der Waals surface area contributed by atoms with Gasteiger partial charge in [0.05, 0.1) is 11.7 Å². The van der Waals surface area contributed by atoms with Crippen LogP contribution in [0, 0.1) is 0 Å². The highest BCUT2D eigenvalue weighted by Crippen LogP contribution is 2.18. The van der Waals surface area contributed by atoms with Crippen LogP contribution in [0.4, 0.5) is 0 Å². The second kappa shape index (κ2) is 4.78.